The monoisotopic (exact) mass is 342 g/mol. The van der Waals surface area contributed by atoms with Gasteiger partial charge in [-0.2, -0.15) is 0 Å². The number of nitrogens with zero attached hydrogens (tertiary/aromatic N) is 2. The van der Waals surface area contributed by atoms with E-state index in [0.717, 1.165) is 31.9 Å². The van der Waals surface area contributed by atoms with Crippen LogP contribution in [0.25, 0.3) is 10.2 Å². The summed E-state index contributed by atoms with van der Waals surface area (Å²) in [5, 5.41) is 3.91. The van der Waals surface area contributed by atoms with Crippen LogP contribution in [0.5, 0.6) is 0 Å². The third-order valence-corrected chi connectivity index (χ3v) is 6.03. The number of thioether (sulfide) groups is 1. The molecule has 0 saturated heterocycles. The van der Waals surface area contributed by atoms with E-state index in [9.17, 15) is 4.79 Å². The molecule has 0 aliphatic carbocycles. The van der Waals surface area contributed by atoms with E-state index in [2.05, 4.69) is 29.9 Å². The highest BCUT2D eigenvalue weighted by Crippen LogP contribution is 2.29. The fraction of sp³-hybridized carbons (Fsp3) is 0.278. The molecule has 0 aliphatic rings. The minimum absolute atomic E-state index is 0.162. The molecule has 0 unspecified atom stereocenters. The number of thiophene rings is 1. The van der Waals surface area contributed by atoms with Crippen molar-refractivity contribution in [3.8, 4) is 0 Å². The van der Waals surface area contributed by atoms with Gasteiger partial charge >= 0.3 is 0 Å². The van der Waals surface area contributed by atoms with Gasteiger partial charge in [-0.3, -0.25) is 4.79 Å². The van der Waals surface area contributed by atoms with E-state index in [-0.39, 0.29) is 5.78 Å². The first-order valence-corrected chi connectivity index (χ1v) is 9.27. The third kappa shape index (κ3) is 3.03. The molecule has 0 bridgehead atoms. The predicted molar refractivity (Wildman–Crippen MR) is 97.9 cm³/mol. The number of hydrogen-bond acceptors (Lipinski definition) is 5. The number of aryl methyl sites for hydroxylation is 2. The van der Waals surface area contributed by atoms with Gasteiger partial charge in [0.1, 0.15) is 16.2 Å². The van der Waals surface area contributed by atoms with Crippen LogP contribution in [0.15, 0.2) is 28.9 Å². The van der Waals surface area contributed by atoms with Crippen LogP contribution in [0.2, 0.25) is 0 Å². The predicted octanol–water partition coefficient (Wildman–Crippen LogP) is 4.90. The van der Waals surface area contributed by atoms with Crippen molar-refractivity contribution in [2.24, 2.45) is 0 Å². The van der Waals surface area contributed by atoms with E-state index in [1.165, 1.54) is 22.9 Å². The first-order valence-electron chi connectivity index (χ1n) is 7.40. The summed E-state index contributed by atoms with van der Waals surface area (Å²) in [4.78, 5) is 22.3. The van der Waals surface area contributed by atoms with Crippen LogP contribution in [-0.4, -0.2) is 21.5 Å². The molecule has 23 heavy (non-hydrogen) atoms. The molecule has 2 aromatic heterocycles. The number of ketones is 1. The maximum atomic E-state index is 12.7. The van der Waals surface area contributed by atoms with E-state index < -0.39 is 0 Å². The van der Waals surface area contributed by atoms with Gasteiger partial charge in [0.2, 0.25) is 0 Å². The van der Waals surface area contributed by atoms with Crippen molar-refractivity contribution < 1.29 is 4.79 Å². The summed E-state index contributed by atoms with van der Waals surface area (Å²) in [5.41, 5.74) is 5.44. The van der Waals surface area contributed by atoms with Gasteiger partial charge in [-0.25, -0.2) is 9.97 Å². The second-order valence-corrected chi connectivity index (χ2v) is 7.52. The number of benzene rings is 1. The highest BCUT2D eigenvalue weighted by molar-refractivity contribution is 8.00. The van der Waals surface area contributed by atoms with Crippen LogP contribution >= 0.6 is 23.1 Å². The Morgan fingerprint density at radius 3 is 2.70 bits per heavy atom. The summed E-state index contributed by atoms with van der Waals surface area (Å²) in [6, 6.07) is 4.11. The molecule has 118 valence electrons. The molecular weight excluding hydrogens is 324 g/mol. The van der Waals surface area contributed by atoms with Gasteiger partial charge < -0.3 is 0 Å². The van der Waals surface area contributed by atoms with Gasteiger partial charge in [0.15, 0.2) is 5.78 Å². The molecule has 0 saturated carbocycles. The summed E-state index contributed by atoms with van der Waals surface area (Å²) >= 11 is 3.08. The molecule has 0 atom stereocenters. The van der Waals surface area contributed by atoms with E-state index >= 15 is 0 Å². The number of carbonyl (C=O) groups is 1. The average molecular weight is 342 g/mol. The Labute approximate surface area is 144 Å². The zero-order chi connectivity index (χ0) is 16.6. The first-order chi connectivity index (χ1) is 11.0. The van der Waals surface area contributed by atoms with Gasteiger partial charge in [0.05, 0.1) is 5.75 Å². The molecule has 0 radical (unpaired) electrons. The molecular formula is C18H18N2OS2. The Morgan fingerprint density at radius 1 is 1.13 bits per heavy atom. The minimum atomic E-state index is 0.162. The highest BCUT2D eigenvalue weighted by atomic mass is 32.2. The van der Waals surface area contributed by atoms with E-state index in [4.69, 9.17) is 0 Å². The van der Waals surface area contributed by atoms with Crippen molar-refractivity contribution in [2.75, 3.05) is 5.75 Å². The zero-order valence-corrected chi connectivity index (χ0v) is 15.3. The van der Waals surface area contributed by atoms with Crippen LogP contribution in [0.3, 0.4) is 0 Å². The lowest BCUT2D eigenvalue weighted by atomic mass is 9.92. The first kappa shape index (κ1) is 16.1. The van der Waals surface area contributed by atoms with E-state index in [0.29, 0.717) is 5.75 Å². The van der Waals surface area contributed by atoms with Gasteiger partial charge in [-0.05, 0) is 61.4 Å². The Hall–Kier alpha value is -1.72. The number of hydrogen-bond donors (Lipinski definition) is 0. The Bertz CT molecular complexity index is 899. The number of aromatic nitrogens is 2. The summed E-state index contributed by atoms with van der Waals surface area (Å²) < 4.78 is 0. The fourth-order valence-corrected chi connectivity index (χ4v) is 4.45. The standard InChI is InChI=1S/C18H18N2OS2/c1-10-7-11(2)16(13(4)12(10)3)15(21)8-23-18-14-5-6-22-17(14)19-9-20-18/h5-7,9H,8H2,1-4H3. The molecule has 3 nitrogen and oxygen atoms in total. The molecule has 2 heterocycles. The summed E-state index contributed by atoms with van der Waals surface area (Å²) in [7, 11) is 0. The number of carbonyl (C=O) groups excluding carboxylic acids is 1. The number of Topliss-reactive ketones (excluding diaryl/α,β-unsaturated/α-hetero) is 1. The number of fused-ring (bicyclic) bond motifs is 1. The zero-order valence-electron chi connectivity index (χ0n) is 13.6. The maximum absolute atomic E-state index is 12.7. The van der Waals surface area contributed by atoms with E-state index in [1.807, 2.05) is 25.3 Å². The third-order valence-electron chi connectivity index (χ3n) is 4.20. The molecule has 0 fully saturated rings. The molecule has 0 amide bonds. The van der Waals surface area contributed by atoms with Crippen molar-refractivity contribution in [3.63, 3.8) is 0 Å². The second kappa shape index (κ2) is 6.42. The Morgan fingerprint density at radius 2 is 1.91 bits per heavy atom. The van der Waals surface area contributed by atoms with Crippen molar-refractivity contribution in [3.05, 3.63) is 51.7 Å². The Kier molecular flexibility index (Phi) is 4.50. The highest BCUT2D eigenvalue weighted by Gasteiger charge is 2.16. The normalized spacial score (nSPS) is 11.1. The van der Waals surface area contributed by atoms with Gasteiger partial charge in [-0.1, -0.05) is 17.8 Å². The van der Waals surface area contributed by atoms with E-state index in [1.54, 1.807) is 17.7 Å². The summed E-state index contributed by atoms with van der Waals surface area (Å²) in [6.45, 7) is 8.22. The van der Waals surface area contributed by atoms with Crippen molar-refractivity contribution in [2.45, 2.75) is 32.7 Å². The maximum Gasteiger partial charge on any atom is 0.173 e. The van der Waals surface area contributed by atoms with Crippen molar-refractivity contribution in [1.82, 2.24) is 9.97 Å². The summed E-state index contributed by atoms with van der Waals surface area (Å²) in [6.07, 6.45) is 1.57. The van der Waals surface area contributed by atoms with Crippen LogP contribution in [0.4, 0.5) is 0 Å². The lowest BCUT2D eigenvalue weighted by molar-refractivity contribution is 0.102. The molecule has 1 aromatic carbocycles. The Balaban J connectivity index is 1.86. The average Bonchev–Trinajstić information content (AvgIpc) is 2.99. The van der Waals surface area contributed by atoms with Crippen LogP contribution in [0.1, 0.15) is 32.6 Å². The lowest BCUT2D eigenvalue weighted by Crippen LogP contribution is -2.09. The molecule has 0 N–H and O–H groups in total. The summed E-state index contributed by atoms with van der Waals surface area (Å²) in [5.74, 6) is 0.557. The van der Waals surface area contributed by atoms with Gasteiger partial charge in [0.25, 0.3) is 0 Å². The second-order valence-electron chi connectivity index (χ2n) is 5.67. The smallest absolute Gasteiger partial charge is 0.173 e. The molecule has 3 aromatic rings. The topological polar surface area (TPSA) is 42.9 Å². The van der Waals surface area contributed by atoms with Crippen LogP contribution in [0, 0.1) is 27.7 Å². The van der Waals surface area contributed by atoms with Crippen molar-refractivity contribution in [1.29, 1.82) is 0 Å². The lowest BCUT2D eigenvalue weighted by Gasteiger charge is -2.14. The fourth-order valence-electron chi connectivity index (χ4n) is 2.80. The van der Waals surface area contributed by atoms with Gasteiger partial charge in [-0.15, -0.1) is 11.3 Å². The van der Waals surface area contributed by atoms with Crippen LogP contribution in [-0.2, 0) is 0 Å². The SMILES string of the molecule is Cc1cc(C)c(C(=O)CSc2ncnc3sccc23)c(C)c1C. The molecule has 3 rings (SSSR count). The number of rotatable bonds is 4. The molecule has 0 spiro atoms. The quantitative estimate of drug-likeness (QED) is 0.384. The molecule has 0 aliphatic heterocycles. The van der Waals surface area contributed by atoms with Gasteiger partial charge in [0, 0.05) is 10.9 Å². The minimum Gasteiger partial charge on any atom is -0.293 e. The molecule has 5 heteroatoms. The largest absolute Gasteiger partial charge is 0.293 e. The van der Waals surface area contributed by atoms with Crippen molar-refractivity contribution >= 4 is 39.1 Å². The van der Waals surface area contributed by atoms with Crippen LogP contribution < -0.4 is 0 Å².